The van der Waals surface area contributed by atoms with Crippen molar-refractivity contribution in [3.63, 3.8) is 0 Å². The lowest BCUT2D eigenvalue weighted by atomic mass is 9.74. The Morgan fingerprint density at radius 3 is 2.48 bits per heavy atom. The Balaban J connectivity index is 1.15. The smallest absolute Gasteiger partial charge is 0.374 e. The van der Waals surface area contributed by atoms with Gasteiger partial charge in [0, 0.05) is 38.0 Å². The van der Waals surface area contributed by atoms with Crippen LogP contribution < -0.4 is 0 Å². The monoisotopic (exact) mass is 639 g/mol. The van der Waals surface area contributed by atoms with Crippen molar-refractivity contribution in [1.82, 2.24) is 4.90 Å². The number of benzene rings is 1. The second kappa shape index (κ2) is 15.0. The van der Waals surface area contributed by atoms with Gasteiger partial charge in [-0.15, -0.1) is 0 Å². The van der Waals surface area contributed by atoms with Crippen molar-refractivity contribution < 1.29 is 37.4 Å². The average Bonchev–Trinajstić information content (AvgIpc) is 3.87. The van der Waals surface area contributed by atoms with Crippen LogP contribution in [0.2, 0.25) is 0 Å². The van der Waals surface area contributed by atoms with Crippen molar-refractivity contribution in [3.05, 3.63) is 35.6 Å². The summed E-state index contributed by atoms with van der Waals surface area (Å²) in [6.45, 7) is 3.16. The number of rotatable bonds is 11. The highest BCUT2D eigenvalue weighted by molar-refractivity contribution is 5.94. The average molecular weight is 640 g/mol. The first-order valence-corrected chi connectivity index (χ1v) is 17.6. The molecular weight excluding hydrogens is 589 g/mol. The second-order valence-corrected chi connectivity index (χ2v) is 14.3. The Morgan fingerprint density at radius 2 is 1.78 bits per heavy atom. The highest BCUT2D eigenvalue weighted by Crippen LogP contribution is 2.42. The minimum Gasteiger partial charge on any atom is -0.457 e. The topological polar surface area (TPSA) is 95.3 Å². The normalized spacial score (nSPS) is 30.8. The summed E-state index contributed by atoms with van der Waals surface area (Å²) in [6.07, 6.45) is 10.4. The summed E-state index contributed by atoms with van der Waals surface area (Å²) in [4.78, 5) is 42.8. The molecule has 4 fully saturated rings. The van der Waals surface area contributed by atoms with E-state index in [4.69, 9.17) is 18.6 Å². The number of ether oxygens (including phenoxy) is 3. The minimum absolute atomic E-state index is 0.0320. The number of ketones is 1. The van der Waals surface area contributed by atoms with Crippen LogP contribution in [0.1, 0.15) is 93.7 Å². The number of likely N-dealkylation sites (tertiary alicyclic amines) is 1. The third-order valence-electron chi connectivity index (χ3n) is 11.5. The zero-order valence-electron chi connectivity index (χ0n) is 27.4. The molecule has 1 aromatic carbocycles. The highest BCUT2D eigenvalue weighted by atomic mass is 19.1. The van der Waals surface area contributed by atoms with Crippen LogP contribution in [-0.2, 0) is 30.2 Å². The first-order chi connectivity index (χ1) is 22.3. The second-order valence-electron chi connectivity index (χ2n) is 14.3. The molecule has 0 N–H and O–H groups in total. The van der Waals surface area contributed by atoms with Crippen LogP contribution in [-0.4, -0.2) is 74.4 Å². The number of carbonyl (C=O) groups is 3. The highest BCUT2D eigenvalue weighted by Gasteiger charge is 2.47. The largest absolute Gasteiger partial charge is 0.457 e. The molecule has 2 saturated carbocycles. The van der Waals surface area contributed by atoms with Crippen molar-refractivity contribution in [2.45, 2.75) is 102 Å². The van der Waals surface area contributed by atoms with E-state index >= 15 is 0 Å². The lowest BCUT2D eigenvalue weighted by Crippen LogP contribution is -2.48. The number of nitrogens with zero attached hydrogens (tertiary/aromatic N) is 1. The molecule has 46 heavy (non-hydrogen) atoms. The van der Waals surface area contributed by atoms with Gasteiger partial charge in [-0.3, -0.25) is 14.0 Å². The number of halogens is 1. The maximum Gasteiger partial charge on any atom is 0.374 e. The van der Waals surface area contributed by atoms with Crippen LogP contribution in [0.3, 0.4) is 0 Å². The Kier molecular flexibility index (Phi) is 10.8. The molecule has 0 bridgehead atoms. The van der Waals surface area contributed by atoms with E-state index in [2.05, 4.69) is 0 Å². The van der Waals surface area contributed by atoms with Gasteiger partial charge in [-0.1, -0.05) is 13.0 Å². The number of hydrogen-bond acceptors (Lipinski definition) is 7. The van der Waals surface area contributed by atoms with Crippen molar-refractivity contribution in [3.8, 4) is 0 Å². The van der Waals surface area contributed by atoms with E-state index in [0.717, 1.165) is 81.6 Å². The number of alkyl halides is 1. The number of amides is 1. The maximum atomic E-state index is 14.3. The predicted octanol–water partition coefficient (Wildman–Crippen LogP) is 6.71. The summed E-state index contributed by atoms with van der Waals surface area (Å²) < 4.78 is 35.7. The molecule has 0 spiro atoms. The van der Waals surface area contributed by atoms with Crippen LogP contribution in [0.25, 0.3) is 11.0 Å². The van der Waals surface area contributed by atoms with Gasteiger partial charge in [0.05, 0.1) is 24.9 Å². The number of hydrogen-bond donors (Lipinski definition) is 0. The third kappa shape index (κ3) is 7.35. The Labute approximate surface area is 271 Å². The van der Waals surface area contributed by atoms with Gasteiger partial charge < -0.3 is 23.5 Å². The molecule has 4 atom stereocenters. The van der Waals surface area contributed by atoms with Crippen molar-refractivity contribution in [1.29, 1.82) is 0 Å². The predicted molar refractivity (Wildman–Crippen MR) is 171 cm³/mol. The van der Waals surface area contributed by atoms with Gasteiger partial charge in [0.1, 0.15) is 12.2 Å². The first kappa shape index (κ1) is 33.1. The number of esters is 1. The molecule has 2 saturated heterocycles. The van der Waals surface area contributed by atoms with E-state index < -0.39 is 12.0 Å². The molecule has 2 aliphatic carbocycles. The first-order valence-electron chi connectivity index (χ1n) is 17.6. The summed E-state index contributed by atoms with van der Waals surface area (Å²) in [5, 5.41) is 0.738. The molecule has 8 nitrogen and oxygen atoms in total. The van der Waals surface area contributed by atoms with Gasteiger partial charge >= 0.3 is 5.97 Å². The zero-order valence-corrected chi connectivity index (χ0v) is 27.4. The van der Waals surface area contributed by atoms with Crippen LogP contribution >= 0.6 is 0 Å². The van der Waals surface area contributed by atoms with Gasteiger partial charge in [-0.25, -0.2) is 4.79 Å². The van der Waals surface area contributed by atoms with Gasteiger partial charge in [0.25, 0.3) is 0 Å². The van der Waals surface area contributed by atoms with E-state index in [1.807, 2.05) is 24.0 Å². The van der Waals surface area contributed by atoms with Crippen LogP contribution in [0, 0.1) is 29.6 Å². The van der Waals surface area contributed by atoms with Crippen LogP contribution in [0.4, 0.5) is 4.39 Å². The molecule has 1 unspecified atom stereocenters. The number of furan rings is 1. The van der Waals surface area contributed by atoms with Crippen molar-refractivity contribution >= 4 is 28.6 Å². The maximum absolute atomic E-state index is 14.3. The Morgan fingerprint density at radius 1 is 1.00 bits per heavy atom. The molecule has 252 valence electrons. The van der Waals surface area contributed by atoms with Gasteiger partial charge in [-0.05, 0) is 118 Å². The van der Waals surface area contributed by atoms with Crippen molar-refractivity contribution in [2.75, 3.05) is 33.5 Å². The molecule has 9 heteroatoms. The lowest BCUT2D eigenvalue weighted by Gasteiger charge is -2.37. The number of Topliss-reactive ketones (excluding diaryl/α,β-unsaturated/α-hetero) is 1. The van der Waals surface area contributed by atoms with Gasteiger partial charge in [-0.2, -0.15) is 0 Å². The standard InChI is InChI=1S/C37H50FNO7/c1-23(21-38)25-6-8-27(9-7-25)36(41)39-16-15-31(26-10-12-29(43-2)13-11-26)35(39)32(40)19-24-5-14-33-28(18-24)20-34(46-33)37(42)45-22-30-4-3-17-44-30/h5,14,18,20,23,25-27,29-31,35H,3-4,6-13,15-17,19,21-22H2,1-2H3/t23-,25?,26?,27?,29?,30?,31+,35+/m1/s1. The molecule has 6 rings (SSSR count). The molecule has 3 heterocycles. The van der Waals surface area contributed by atoms with E-state index in [9.17, 15) is 18.8 Å². The summed E-state index contributed by atoms with van der Waals surface area (Å²) in [5.41, 5.74) is 1.39. The fourth-order valence-corrected chi connectivity index (χ4v) is 8.64. The van der Waals surface area contributed by atoms with E-state index in [0.29, 0.717) is 30.6 Å². The Hall–Kier alpha value is -2.78. The minimum atomic E-state index is -0.524. The fraction of sp³-hybridized carbons (Fsp3) is 0.703. The summed E-state index contributed by atoms with van der Waals surface area (Å²) in [5.74, 6) is 0.577. The molecule has 4 aliphatic rings. The molecule has 2 aromatic rings. The Bertz CT molecular complexity index is 1350. The zero-order chi connectivity index (χ0) is 32.2. The third-order valence-corrected chi connectivity index (χ3v) is 11.5. The number of fused-ring (bicyclic) bond motifs is 1. The van der Waals surface area contributed by atoms with Crippen LogP contribution in [0.5, 0.6) is 0 Å². The quantitative estimate of drug-likeness (QED) is 0.252. The molecule has 0 radical (unpaired) electrons. The van der Waals surface area contributed by atoms with Gasteiger partial charge in [0.2, 0.25) is 11.7 Å². The summed E-state index contributed by atoms with van der Waals surface area (Å²) >= 11 is 0. The number of carbonyl (C=O) groups excluding carboxylic acids is 3. The van der Waals surface area contributed by atoms with E-state index in [-0.39, 0.29) is 67.1 Å². The van der Waals surface area contributed by atoms with Gasteiger partial charge in [0.15, 0.2) is 5.78 Å². The van der Waals surface area contributed by atoms with Crippen molar-refractivity contribution in [2.24, 2.45) is 29.6 Å². The molecule has 1 amide bonds. The molecule has 1 aromatic heterocycles. The van der Waals surface area contributed by atoms with Crippen LogP contribution in [0.15, 0.2) is 28.7 Å². The molecule has 2 aliphatic heterocycles. The molecular formula is C37H50FNO7. The SMILES string of the molecule is COC1CCC([C@@H]2CCN(C(=O)C3CCC([C@H](C)CF)CC3)[C@@H]2C(=O)Cc2ccc3oc(C(=O)OCC4CCCO4)cc3c2)CC1. The summed E-state index contributed by atoms with van der Waals surface area (Å²) in [6, 6.07) is 6.80. The summed E-state index contributed by atoms with van der Waals surface area (Å²) in [7, 11) is 1.77. The fourth-order valence-electron chi connectivity index (χ4n) is 8.64. The van der Waals surface area contributed by atoms with E-state index in [1.165, 1.54) is 0 Å². The van der Waals surface area contributed by atoms with E-state index in [1.54, 1.807) is 19.2 Å². The lowest BCUT2D eigenvalue weighted by molar-refractivity contribution is -0.143. The number of methoxy groups -OCH3 is 1.